The van der Waals surface area contributed by atoms with Gasteiger partial charge in [0.2, 0.25) is 5.91 Å². The lowest BCUT2D eigenvalue weighted by atomic mass is 9.97. The maximum atomic E-state index is 12.6. The molecule has 1 amide bonds. The third kappa shape index (κ3) is 4.02. The average Bonchev–Trinajstić information content (AvgIpc) is 3.12. The van der Waals surface area contributed by atoms with E-state index in [0.29, 0.717) is 34.5 Å². The molecule has 0 saturated heterocycles. The van der Waals surface area contributed by atoms with E-state index in [9.17, 15) is 9.59 Å². The van der Waals surface area contributed by atoms with Crippen LogP contribution in [0.2, 0.25) is 5.02 Å². The highest BCUT2D eigenvalue weighted by atomic mass is 35.5. The van der Waals surface area contributed by atoms with Crippen LogP contribution in [0.5, 0.6) is 11.5 Å². The normalized spacial score (nSPS) is 13.2. The molecule has 1 aromatic carbocycles. The van der Waals surface area contributed by atoms with Gasteiger partial charge in [-0.05, 0) is 31.2 Å². The molecule has 2 heterocycles. The first-order chi connectivity index (χ1) is 14.5. The van der Waals surface area contributed by atoms with Crippen molar-refractivity contribution in [3.8, 4) is 11.5 Å². The number of hydrogen-bond acceptors (Lipinski definition) is 6. The summed E-state index contributed by atoms with van der Waals surface area (Å²) < 4.78 is 10.4. The Morgan fingerprint density at radius 1 is 1.23 bits per heavy atom. The fourth-order valence-corrected chi connectivity index (χ4v) is 5.20. The lowest BCUT2D eigenvalue weighted by molar-refractivity contribution is -0.116. The van der Waals surface area contributed by atoms with Crippen LogP contribution < -0.4 is 20.3 Å². The van der Waals surface area contributed by atoms with Gasteiger partial charge in [-0.3, -0.25) is 9.59 Å². The number of fused-ring (bicyclic) bond motifs is 3. The molecule has 0 aliphatic heterocycles. The van der Waals surface area contributed by atoms with E-state index in [1.807, 2.05) is 0 Å². The molecule has 1 aliphatic rings. The summed E-state index contributed by atoms with van der Waals surface area (Å²) in [5.41, 5.74) is 1.47. The van der Waals surface area contributed by atoms with Crippen LogP contribution in [0.25, 0.3) is 10.2 Å². The number of H-pyrrole nitrogens is 1. The van der Waals surface area contributed by atoms with Crippen LogP contribution in [0.3, 0.4) is 0 Å². The van der Waals surface area contributed by atoms with Crippen LogP contribution in [0.15, 0.2) is 16.9 Å². The third-order valence-electron chi connectivity index (χ3n) is 5.21. The fraction of sp³-hybridized carbons (Fsp3) is 0.381. The molecule has 3 aromatic rings. The van der Waals surface area contributed by atoms with Crippen molar-refractivity contribution in [3.05, 3.63) is 43.8 Å². The number of aromatic nitrogens is 2. The van der Waals surface area contributed by atoms with Crippen molar-refractivity contribution in [2.24, 2.45) is 0 Å². The predicted octanol–water partition coefficient (Wildman–Crippen LogP) is 4.11. The molecule has 9 heteroatoms. The van der Waals surface area contributed by atoms with Crippen molar-refractivity contribution in [2.45, 2.75) is 38.5 Å². The van der Waals surface area contributed by atoms with Crippen molar-refractivity contribution in [1.29, 1.82) is 0 Å². The number of ether oxygens (including phenoxy) is 2. The second-order valence-electron chi connectivity index (χ2n) is 7.14. The van der Waals surface area contributed by atoms with E-state index >= 15 is 0 Å². The molecule has 30 heavy (non-hydrogen) atoms. The average molecular weight is 448 g/mol. The third-order valence-corrected chi connectivity index (χ3v) is 6.71. The Morgan fingerprint density at radius 2 is 1.97 bits per heavy atom. The molecule has 1 aliphatic carbocycles. The fourth-order valence-electron chi connectivity index (χ4n) is 3.72. The van der Waals surface area contributed by atoms with Gasteiger partial charge in [-0.1, -0.05) is 11.6 Å². The number of aromatic amines is 1. The molecule has 0 fully saturated rings. The zero-order valence-electron chi connectivity index (χ0n) is 16.8. The summed E-state index contributed by atoms with van der Waals surface area (Å²) >= 11 is 7.82. The summed E-state index contributed by atoms with van der Waals surface area (Å²) in [7, 11) is 3.03. The van der Waals surface area contributed by atoms with Crippen LogP contribution >= 0.6 is 22.9 Å². The maximum Gasteiger partial charge on any atom is 0.259 e. The van der Waals surface area contributed by atoms with Crippen LogP contribution in [0.4, 0.5) is 5.69 Å². The van der Waals surface area contributed by atoms with Crippen LogP contribution in [-0.2, 0) is 24.1 Å². The zero-order valence-corrected chi connectivity index (χ0v) is 18.3. The Kier molecular flexibility index (Phi) is 5.97. The van der Waals surface area contributed by atoms with Gasteiger partial charge in [-0.2, -0.15) is 0 Å². The molecule has 0 bridgehead atoms. The minimum Gasteiger partial charge on any atom is -0.493 e. The van der Waals surface area contributed by atoms with Crippen molar-refractivity contribution >= 4 is 44.7 Å². The van der Waals surface area contributed by atoms with E-state index in [0.717, 1.165) is 41.5 Å². The number of aryl methyl sites for hydroxylation is 3. The monoisotopic (exact) mass is 447 g/mol. The van der Waals surface area contributed by atoms with Crippen LogP contribution in [0.1, 0.15) is 35.5 Å². The number of nitrogens with one attached hydrogen (secondary N) is 2. The second kappa shape index (κ2) is 8.65. The van der Waals surface area contributed by atoms with Crippen LogP contribution in [-0.4, -0.2) is 30.1 Å². The van der Waals surface area contributed by atoms with Gasteiger partial charge in [-0.25, -0.2) is 4.98 Å². The van der Waals surface area contributed by atoms with Gasteiger partial charge in [-0.15, -0.1) is 11.3 Å². The predicted molar refractivity (Wildman–Crippen MR) is 118 cm³/mol. The van der Waals surface area contributed by atoms with Gasteiger partial charge in [0.15, 0.2) is 11.5 Å². The smallest absolute Gasteiger partial charge is 0.259 e. The number of nitrogens with zero attached hydrogens (tertiary/aromatic N) is 1. The lowest BCUT2D eigenvalue weighted by Gasteiger charge is -2.12. The van der Waals surface area contributed by atoms with E-state index in [2.05, 4.69) is 15.3 Å². The van der Waals surface area contributed by atoms with E-state index in [4.69, 9.17) is 21.1 Å². The molecule has 2 N–H and O–H groups in total. The van der Waals surface area contributed by atoms with Gasteiger partial charge in [0.25, 0.3) is 5.56 Å². The summed E-state index contributed by atoms with van der Waals surface area (Å²) in [4.78, 5) is 34.5. The van der Waals surface area contributed by atoms with Crippen molar-refractivity contribution in [1.82, 2.24) is 9.97 Å². The van der Waals surface area contributed by atoms with E-state index in [1.165, 1.54) is 19.1 Å². The number of benzene rings is 1. The summed E-state index contributed by atoms with van der Waals surface area (Å²) in [5.74, 6) is 1.22. The molecule has 0 atom stereocenters. The minimum atomic E-state index is -0.239. The Labute approximate surface area is 182 Å². The Hall–Kier alpha value is -2.58. The Balaban J connectivity index is 1.48. The number of hydrogen-bond donors (Lipinski definition) is 2. The molecule has 0 radical (unpaired) electrons. The first kappa shape index (κ1) is 20.7. The Morgan fingerprint density at radius 3 is 2.73 bits per heavy atom. The highest BCUT2D eigenvalue weighted by Gasteiger charge is 2.20. The molecule has 0 saturated carbocycles. The first-order valence-electron chi connectivity index (χ1n) is 9.75. The molecule has 0 unspecified atom stereocenters. The molecule has 7 nitrogen and oxygen atoms in total. The topological polar surface area (TPSA) is 93.3 Å². The van der Waals surface area contributed by atoms with Crippen molar-refractivity contribution in [3.63, 3.8) is 0 Å². The number of rotatable bonds is 6. The number of carbonyl (C=O) groups excluding carboxylic acids is 1. The first-order valence-corrected chi connectivity index (χ1v) is 10.9. The number of amides is 1. The quantitative estimate of drug-likeness (QED) is 0.593. The number of carbonyl (C=O) groups is 1. The van der Waals surface area contributed by atoms with Gasteiger partial charge >= 0.3 is 0 Å². The highest BCUT2D eigenvalue weighted by Crippen LogP contribution is 2.36. The number of halogens is 1. The van der Waals surface area contributed by atoms with Gasteiger partial charge < -0.3 is 19.8 Å². The largest absolute Gasteiger partial charge is 0.493 e. The Bertz CT molecular complexity index is 1170. The summed E-state index contributed by atoms with van der Waals surface area (Å²) in [5, 5.41) is 3.84. The molecular weight excluding hydrogens is 426 g/mol. The second-order valence-corrected chi connectivity index (χ2v) is 8.63. The minimum absolute atomic E-state index is 0.113. The lowest BCUT2D eigenvalue weighted by Crippen LogP contribution is -2.16. The molecule has 0 spiro atoms. The SMILES string of the molecule is COc1cc(Cl)c(NC(=O)CCc2nc3sc4c(c3c(=O)[nH]2)CCCC4)cc1OC. The van der Waals surface area contributed by atoms with Gasteiger partial charge in [0.05, 0.1) is 30.3 Å². The van der Waals surface area contributed by atoms with E-state index in [-0.39, 0.29) is 17.9 Å². The molecule has 2 aromatic heterocycles. The van der Waals surface area contributed by atoms with E-state index in [1.54, 1.807) is 23.5 Å². The summed E-state index contributed by atoms with van der Waals surface area (Å²) in [6.07, 6.45) is 4.70. The molecule has 158 valence electrons. The van der Waals surface area contributed by atoms with Crippen LogP contribution in [0, 0.1) is 0 Å². The summed E-state index contributed by atoms with van der Waals surface area (Å²) in [6.45, 7) is 0. The zero-order chi connectivity index (χ0) is 21.3. The maximum absolute atomic E-state index is 12.6. The van der Waals surface area contributed by atoms with E-state index < -0.39 is 0 Å². The number of methoxy groups -OCH3 is 2. The molecule has 4 rings (SSSR count). The van der Waals surface area contributed by atoms with Gasteiger partial charge in [0.1, 0.15) is 10.7 Å². The van der Waals surface area contributed by atoms with Crippen molar-refractivity contribution < 1.29 is 14.3 Å². The highest BCUT2D eigenvalue weighted by molar-refractivity contribution is 7.18. The molecular formula is C21H22ClN3O4S. The standard InChI is InChI=1S/C21H22ClN3O4S/c1-28-14-9-12(22)13(10-15(14)29-2)23-18(26)8-7-17-24-20(27)19-11-5-3-4-6-16(11)30-21(19)25-17/h9-10H,3-8H2,1-2H3,(H,23,26)(H,24,25,27). The number of anilines is 1. The summed E-state index contributed by atoms with van der Waals surface area (Å²) in [6, 6.07) is 3.20. The number of thiophene rings is 1. The van der Waals surface area contributed by atoms with Gasteiger partial charge in [0, 0.05) is 29.9 Å². The van der Waals surface area contributed by atoms with Crippen molar-refractivity contribution in [2.75, 3.05) is 19.5 Å².